The molecule has 75 heavy (non-hydrogen) atoms. The van der Waals surface area contributed by atoms with Crippen LogP contribution in [0.1, 0.15) is 48.6 Å². The molecular weight excluding hydrogens is 1100 g/mol. The molecule has 0 atom stereocenters. The van der Waals surface area contributed by atoms with E-state index in [0.717, 1.165) is 78.0 Å². The van der Waals surface area contributed by atoms with E-state index in [9.17, 15) is 9.59 Å². The maximum Gasteiger partial charge on any atom is 3.00 e. The average molecular weight is 1150 g/mol. The molecule has 0 bridgehead atoms. The number of benzene rings is 7. The van der Waals surface area contributed by atoms with Gasteiger partial charge in [0.05, 0.1) is 0 Å². The fourth-order valence-corrected chi connectivity index (χ4v) is 10.1. The Labute approximate surface area is 448 Å². The summed E-state index contributed by atoms with van der Waals surface area (Å²) in [6, 6.07) is 67.6. The van der Waals surface area contributed by atoms with Gasteiger partial charge in [0, 0.05) is 57.1 Å². The Morgan fingerprint density at radius 1 is 0.440 bits per heavy atom. The van der Waals surface area contributed by atoms with Crippen LogP contribution in [0.4, 0.5) is 0 Å². The van der Waals surface area contributed by atoms with E-state index in [0.29, 0.717) is 69.4 Å². The predicted molar refractivity (Wildman–Crippen MR) is 297 cm³/mol. The SMILES string of the molecule is CC(C)(C)c1cc[c-]c(-c2cc(-c3ccc(-c4ccccc4)cc3)c(-c3ccccc3-c3cc(CCc4cnc5c(c4)c(=O)oc4ccc[c-]c45)cc(CCc4cnc5c(c4)c(=O)oc4ccc[c-]c45)c3)cn2)c1.[Ir+3]. The van der Waals surface area contributed by atoms with Gasteiger partial charge in [0.25, 0.3) is 0 Å². The largest absolute Gasteiger partial charge is 3.00 e. The fraction of sp³-hybridized carbons (Fsp3) is 0.119. The van der Waals surface area contributed by atoms with Crippen molar-refractivity contribution in [2.24, 2.45) is 0 Å². The molecule has 0 aliphatic heterocycles. The van der Waals surface area contributed by atoms with Crippen molar-refractivity contribution in [3.05, 3.63) is 255 Å². The number of rotatable bonds is 11. The number of pyridine rings is 3. The second-order valence-corrected chi connectivity index (χ2v) is 20.0. The van der Waals surface area contributed by atoms with Gasteiger partial charge in [-0.05, 0) is 98.0 Å². The van der Waals surface area contributed by atoms with Crippen LogP contribution in [-0.2, 0) is 51.2 Å². The molecule has 0 aliphatic rings. The summed E-state index contributed by atoms with van der Waals surface area (Å²) in [6.45, 7) is 6.67. The first-order valence-corrected chi connectivity index (χ1v) is 24.9. The molecule has 0 spiro atoms. The van der Waals surface area contributed by atoms with Gasteiger partial charge in [-0.2, -0.15) is 0 Å². The molecule has 12 aromatic rings. The van der Waals surface area contributed by atoms with Gasteiger partial charge in [0.15, 0.2) is 0 Å². The summed E-state index contributed by atoms with van der Waals surface area (Å²) in [5.74, 6) is 0. The molecule has 0 saturated heterocycles. The number of hydrogen-bond acceptors (Lipinski definition) is 7. The molecule has 0 saturated carbocycles. The second-order valence-electron chi connectivity index (χ2n) is 20.0. The molecule has 0 radical (unpaired) electrons. The van der Waals surface area contributed by atoms with E-state index in [4.69, 9.17) is 23.8 Å². The van der Waals surface area contributed by atoms with Gasteiger partial charge >= 0.3 is 31.4 Å². The number of hydrogen-bond donors (Lipinski definition) is 0. The predicted octanol–water partition coefficient (Wildman–Crippen LogP) is 15.0. The van der Waals surface area contributed by atoms with Crippen LogP contribution >= 0.6 is 0 Å². The zero-order chi connectivity index (χ0) is 50.3. The molecule has 5 aromatic heterocycles. The zero-order valence-electron chi connectivity index (χ0n) is 41.5. The monoisotopic (exact) mass is 1150 g/mol. The minimum Gasteiger partial charge on any atom is -0.472 e. The summed E-state index contributed by atoms with van der Waals surface area (Å²) in [5.41, 5.74) is 17.0. The van der Waals surface area contributed by atoms with Crippen molar-refractivity contribution >= 4 is 43.7 Å². The van der Waals surface area contributed by atoms with Gasteiger partial charge in [-0.1, -0.05) is 147 Å². The van der Waals surface area contributed by atoms with Crippen LogP contribution in [0.2, 0.25) is 0 Å². The Hall–Kier alpha value is -8.42. The van der Waals surface area contributed by atoms with Gasteiger partial charge in [-0.3, -0.25) is 0 Å². The molecule has 7 nitrogen and oxygen atoms in total. The molecule has 12 rings (SSSR count). The number of fused-ring (bicyclic) bond motifs is 6. The molecular formula is C67H48IrN3O4. The van der Waals surface area contributed by atoms with Crippen LogP contribution in [-0.4, -0.2) is 15.0 Å². The van der Waals surface area contributed by atoms with Gasteiger partial charge in [0.2, 0.25) is 0 Å². The van der Waals surface area contributed by atoms with Crippen LogP contribution in [0.3, 0.4) is 0 Å². The van der Waals surface area contributed by atoms with Crippen molar-refractivity contribution in [3.8, 4) is 55.8 Å². The summed E-state index contributed by atoms with van der Waals surface area (Å²) in [4.78, 5) is 41.2. The van der Waals surface area contributed by atoms with E-state index in [1.54, 1.807) is 36.4 Å². The molecule has 0 N–H and O–H groups in total. The van der Waals surface area contributed by atoms with Crippen LogP contribution in [0, 0.1) is 18.2 Å². The van der Waals surface area contributed by atoms with E-state index in [-0.39, 0.29) is 25.5 Å². The Bertz CT molecular complexity index is 4080. The van der Waals surface area contributed by atoms with Crippen LogP contribution in [0.25, 0.3) is 99.5 Å². The Kier molecular flexibility index (Phi) is 13.3. The standard InChI is InChI=1S/C67H48N3O4.Ir/c1-67(2,3)51-17-13-16-49(37-51)60-38-56(48-30-28-47(29-31-48)46-14-5-4-6-15-46)59(41-68-60)53-19-8-7-18-52(53)50-33-42(24-26-44-35-57-63(69-39-44)54-20-9-11-22-61(54)73-65(57)71)32-43(34-50)25-27-45-36-58-64(70-40-45)55-21-10-12-23-62(55)74-66(58)72;/h4-15,17-19,22-23,28-41H,24-27H2,1-3H3;/q-3;+3. The van der Waals surface area contributed by atoms with Gasteiger partial charge < -0.3 is 23.8 Å². The molecule has 0 fully saturated rings. The van der Waals surface area contributed by atoms with Crippen molar-refractivity contribution in [2.75, 3.05) is 0 Å². The van der Waals surface area contributed by atoms with Gasteiger partial charge in [0.1, 0.15) is 0 Å². The van der Waals surface area contributed by atoms with Crippen molar-refractivity contribution < 1.29 is 28.9 Å². The van der Waals surface area contributed by atoms with Gasteiger partial charge in [-0.15, -0.1) is 83.9 Å². The van der Waals surface area contributed by atoms with Crippen LogP contribution in [0.15, 0.2) is 207 Å². The quantitative estimate of drug-likeness (QED) is 0.0723. The summed E-state index contributed by atoms with van der Waals surface area (Å²) in [6.07, 6.45) is 8.38. The number of nitrogens with zero attached hydrogens (tertiary/aromatic N) is 3. The van der Waals surface area contributed by atoms with Crippen molar-refractivity contribution in [2.45, 2.75) is 51.9 Å². The molecule has 5 heterocycles. The Morgan fingerprint density at radius 3 is 1.59 bits per heavy atom. The number of aromatic nitrogens is 3. The van der Waals surface area contributed by atoms with E-state index >= 15 is 0 Å². The third kappa shape index (κ3) is 9.91. The molecule has 7 aromatic carbocycles. The summed E-state index contributed by atoms with van der Waals surface area (Å²) in [7, 11) is 0. The van der Waals surface area contributed by atoms with E-state index in [2.05, 4.69) is 148 Å². The van der Waals surface area contributed by atoms with Crippen molar-refractivity contribution in [3.63, 3.8) is 0 Å². The van der Waals surface area contributed by atoms with Crippen LogP contribution < -0.4 is 11.3 Å². The first-order valence-electron chi connectivity index (χ1n) is 24.9. The summed E-state index contributed by atoms with van der Waals surface area (Å²) < 4.78 is 11.4. The average Bonchev–Trinajstić information content (AvgIpc) is 3.44. The molecule has 0 aliphatic carbocycles. The topological polar surface area (TPSA) is 99.1 Å². The van der Waals surface area contributed by atoms with E-state index in [1.807, 2.05) is 42.9 Å². The van der Waals surface area contributed by atoms with Crippen molar-refractivity contribution in [1.82, 2.24) is 15.0 Å². The first kappa shape index (κ1) is 48.8. The summed E-state index contributed by atoms with van der Waals surface area (Å²) in [5, 5.41) is 2.25. The molecule has 0 amide bonds. The zero-order valence-corrected chi connectivity index (χ0v) is 43.9. The minimum atomic E-state index is -0.416. The molecule has 364 valence electrons. The van der Waals surface area contributed by atoms with Crippen LogP contribution in [0.5, 0.6) is 0 Å². The van der Waals surface area contributed by atoms with E-state index in [1.165, 1.54) is 5.56 Å². The minimum absolute atomic E-state index is 0. The Morgan fingerprint density at radius 2 is 0.987 bits per heavy atom. The second kappa shape index (κ2) is 20.5. The molecule has 0 unspecified atom stereocenters. The van der Waals surface area contributed by atoms with Crippen molar-refractivity contribution in [1.29, 1.82) is 0 Å². The fourth-order valence-electron chi connectivity index (χ4n) is 10.1. The smallest absolute Gasteiger partial charge is 0.472 e. The third-order valence-corrected chi connectivity index (χ3v) is 14.0. The van der Waals surface area contributed by atoms with Gasteiger partial charge in [-0.25, -0.2) is 9.59 Å². The normalized spacial score (nSPS) is 11.6. The van der Waals surface area contributed by atoms with E-state index < -0.39 is 11.3 Å². The summed E-state index contributed by atoms with van der Waals surface area (Å²) >= 11 is 0. The third-order valence-electron chi connectivity index (χ3n) is 14.0. The maximum atomic E-state index is 13.2. The maximum absolute atomic E-state index is 13.2. The Balaban J connectivity index is 0.00000602. The first-order chi connectivity index (χ1) is 36.1. The molecule has 8 heteroatoms. The number of aryl methyl sites for hydroxylation is 4.